The molecule has 2 amide bonds. The van der Waals surface area contributed by atoms with E-state index in [1.54, 1.807) is 18.1 Å². The van der Waals surface area contributed by atoms with Gasteiger partial charge in [-0.15, -0.1) is 0 Å². The van der Waals surface area contributed by atoms with E-state index < -0.39 is 0 Å². The molecule has 0 aliphatic heterocycles. The molecule has 2 N–H and O–H groups in total. The summed E-state index contributed by atoms with van der Waals surface area (Å²) in [6.45, 7) is 1.34. The van der Waals surface area contributed by atoms with E-state index in [-0.39, 0.29) is 12.1 Å². The molecule has 1 aromatic heterocycles. The number of benzene rings is 1. The summed E-state index contributed by atoms with van der Waals surface area (Å²) in [6, 6.07) is 7.84. The van der Waals surface area contributed by atoms with Crippen LogP contribution in [0, 0.1) is 5.92 Å². The summed E-state index contributed by atoms with van der Waals surface area (Å²) >= 11 is 0. The minimum Gasteiger partial charge on any atom is -0.497 e. The Hall–Kier alpha value is -2.57. The average molecular weight is 329 g/mol. The molecule has 2 aromatic rings. The fourth-order valence-corrected chi connectivity index (χ4v) is 2.70. The molecule has 0 bridgehead atoms. The van der Waals surface area contributed by atoms with Gasteiger partial charge in [0.2, 0.25) is 0 Å². The van der Waals surface area contributed by atoms with Crippen LogP contribution < -0.4 is 15.4 Å². The maximum Gasteiger partial charge on any atom is 0.315 e. The SMILES string of the molecule is COc1ccc([C@@H](NC(=O)NCCCn2cncn2)C2CC2)cc1. The van der Waals surface area contributed by atoms with E-state index in [1.165, 1.54) is 6.33 Å². The second-order valence-electron chi connectivity index (χ2n) is 6.00. The summed E-state index contributed by atoms with van der Waals surface area (Å²) in [6.07, 6.45) is 6.31. The van der Waals surface area contributed by atoms with Crippen LogP contribution in [0.25, 0.3) is 0 Å². The van der Waals surface area contributed by atoms with Gasteiger partial charge in [0.25, 0.3) is 0 Å². The predicted molar refractivity (Wildman–Crippen MR) is 89.6 cm³/mol. The van der Waals surface area contributed by atoms with Crippen LogP contribution in [0.2, 0.25) is 0 Å². The van der Waals surface area contributed by atoms with Crippen molar-refractivity contribution in [2.24, 2.45) is 5.92 Å². The lowest BCUT2D eigenvalue weighted by Crippen LogP contribution is -2.39. The van der Waals surface area contributed by atoms with E-state index in [9.17, 15) is 4.79 Å². The molecule has 1 heterocycles. The van der Waals surface area contributed by atoms with Gasteiger partial charge in [-0.3, -0.25) is 4.68 Å². The van der Waals surface area contributed by atoms with E-state index in [2.05, 4.69) is 20.7 Å². The molecule has 1 aliphatic rings. The number of aromatic nitrogens is 3. The fraction of sp³-hybridized carbons (Fsp3) is 0.471. The lowest BCUT2D eigenvalue weighted by molar-refractivity contribution is 0.235. The van der Waals surface area contributed by atoms with Crippen LogP contribution in [0.15, 0.2) is 36.9 Å². The quantitative estimate of drug-likeness (QED) is 0.727. The Morgan fingerprint density at radius 2 is 2.17 bits per heavy atom. The second kappa shape index (κ2) is 7.81. The van der Waals surface area contributed by atoms with Crippen molar-refractivity contribution in [2.45, 2.75) is 31.8 Å². The van der Waals surface area contributed by atoms with Crippen LogP contribution in [0.3, 0.4) is 0 Å². The van der Waals surface area contributed by atoms with Crippen molar-refractivity contribution in [3.05, 3.63) is 42.5 Å². The number of methoxy groups -OCH3 is 1. The molecule has 1 aliphatic carbocycles. The molecule has 1 saturated carbocycles. The van der Waals surface area contributed by atoms with Crippen molar-refractivity contribution in [3.63, 3.8) is 0 Å². The molecule has 0 unspecified atom stereocenters. The lowest BCUT2D eigenvalue weighted by atomic mass is 10.0. The Kier molecular flexibility index (Phi) is 5.30. The highest BCUT2D eigenvalue weighted by molar-refractivity contribution is 5.74. The molecule has 7 nitrogen and oxygen atoms in total. The van der Waals surface area contributed by atoms with Crippen LogP contribution in [-0.2, 0) is 6.54 Å². The molecule has 0 spiro atoms. The highest BCUT2D eigenvalue weighted by atomic mass is 16.5. The first kappa shape index (κ1) is 16.3. The Bertz CT molecular complexity index is 638. The number of nitrogens with zero attached hydrogens (tertiary/aromatic N) is 3. The number of carbonyl (C=O) groups excluding carboxylic acids is 1. The summed E-state index contributed by atoms with van der Waals surface area (Å²) in [7, 11) is 1.65. The normalized spacial score (nSPS) is 14.9. The number of rotatable bonds is 8. The van der Waals surface area contributed by atoms with Crippen LogP contribution in [-0.4, -0.2) is 34.5 Å². The van der Waals surface area contributed by atoms with E-state index in [0.717, 1.165) is 37.1 Å². The summed E-state index contributed by atoms with van der Waals surface area (Å²) < 4.78 is 6.94. The minimum atomic E-state index is -0.124. The van der Waals surface area contributed by atoms with Crippen LogP contribution >= 0.6 is 0 Å². The topological polar surface area (TPSA) is 81.1 Å². The Labute approximate surface area is 141 Å². The van der Waals surface area contributed by atoms with E-state index in [1.807, 2.05) is 24.3 Å². The molecule has 24 heavy (non-hydrogen) atoms. The van der Waals surface area contributed by atoms with E-state index in [0.29, 0.717) is 12.5 Å². The molecule has 0 radical (unpaired) electrons. The molecular weight excluding hydrogens is 306 g/mol. The van der Waals surface area contributed by atoms with Gasteiger partial charge in [-0.1, -0.05) is 12.1 Å². The Balaban J connectivity index is 1.46. The number of carbonyl (C=O) groups is 1. The van der Waals surface area contributed by atoms with Crippen LogP contribution in [0.5, 0.6) is 5.75 Å². The third-order valence-electron chi connectivity index (χ3n) is 4.17. The van der Waals surface area contributed by atoms with Crippen molar-refractivity contribution < 1.29 is 9.53 Å². The van der Waals surface area contributed by atoms with Crippen LogP contribution in [0.1, 0.15) is 30.9 Å². The zero-order valence-electron chi connectivity index (χ0n) is 13.8. The zero-order valence-corrected chi connectivity index (χ0v) is 13.8. The van der Waals surface area contributed by atoms with Crippen molar-refractivity contribution in [3.8, 4) is 5.75 Å². The Morgan fingerprint density at radius 1 is 1.38 bits per heavy atom. The first-order chi connectivity index (χ1) is 11.8. The van der Waals surface area contributed by atoms with Gasteiger partial charge in [-0.25, -0.2) is 9.78 Å². The summed E-state index contributed by atoms with van der Waals surface area (Å²) in [5.41, 5.74) is 1.12. The van der Waals surface area contributed by atoms with Gasteiger partial charge in [0.05, 0.1) is 13.2 Å². The first-order valence-electron chi connectivity index (χ1n) is 8.27. The molecular formula is C17H23N5O2. The molecule has 1 atom stereocenters. The monoisotopic (exact) mass is 329 g/mol. The molecule has 128 valence electrons. The summed E-state index contributed by atoms with van der Waals surface area (Å²) in [5.74, 6) is 1.35. The smallest absolute Gasteiger partial charge is 0.315 e. The van der Waals surface area contributed by atoms with Gasteiger partial charge < -0.3 is 15.4 Å². The standard InChI is InChI=1S/C17H23N5O2/c1-24-15-7-5-14(6-8-15)16(13-3-4-13)21-17(23)19-9-2-10-22-12-18-11-20-22/h5-8,11-13,16H,2-4,9-10H2,1H3,(H2,19,21,23)/t16-/m0/s1. The van der Waals surface area contributed by atoms with Crippen molar-refractivity contribution in [1.29, 1.82) is 0 Å². The molecule has 0 saturated heterocycles. The summed E-state index contributed by atoms with van der Waals surface area (Å²) in [4.78, 5) is 16.1. The first-order valence-corrected chi connectivity index (χ1v) is 8.27. The minimum absolute atomic E-state index is 0.0613. The highest BCUT2D eigenvalue weighted by Gasteiger charge is 2.33. The number of nitrogens with one attached hydrogen (secondary N) is 2. The molecule has 7 heteroatoms. The average Bonchev–Trinajstić information content (AvgIpc) is 3.32. The fourth-order valence-electron chi connectivity index (χ4n) is 2.70. The maximum absolute atomic E-state index is 12.2. The van der Waals surface area contributed by atoms with Crippen molar-refractivity contribution in [1.82, 2.24) is 25.4 Å². The number of amides is 2. The van der Waals surface area contributed by atoms with Crippen LogP contribution in [0.4, 0.5) is 4.79 Å². The second-order valence-corrected chi connectivity index (χ2v) is 6.00. The van der Waals surface area contributed by atoms with Gasteiger partial charge in [-0.2, -0.15) is 5.10 Å². The van der Waals surface area contributed by atoms with Gasteiger partial charge in [-0.05, 0) is 42.9 Å². The van der Waals surface area contributed by atoms with Crippen molar-refractivity contribution in [2.75, 3.05) is 13.7 Å². The molecule has 3 rings (SSSR count). The van der Waals surface area contributed by atoms with Gasteiger partial charge in [0.15, 0.2) is 0 Å². The summed E-state index contributed by atoms with van der Waals surface area (Å²) in [5, 5.41) is 10.0. The van der Waals surface area contributed by atoms with Gasteiger partial charge >= 0.3 is 6.03 Å². The number of hydrogen-bond donors (Lipinski definition) is 2. The number of urea groups is 1. The number of hydrogen-bond acceptors (Lipinski definition) is 4. The Morgan fingerprint density at radius 3 is 2.79 bits per heavy atom. The van der Waals surface area contributed by atoms with Crippen molar-refractivity contribution >= 4 is 6.03 Å². The highest BCUT2D eigenvalue weighted by Crippen LogP contribution is 2.41. The van der Waals surface area contributed by atoms with E-state index >= 15 is 0 Å². The van der Waals surface area contributed by atoms with Gasteiger partial charge in [0, 0.05) is 13.1 Å². The van der Waals surface area contributed by atoms with Gasteiger partial charge in [0.1, 0.15) is 18.4 Å². The number of aryl methyl sites for hydroxylation is 1. The van der Waals surface area contributed by atoms with E-state index in [4.69, 9.17) is 4.74 Å². The zero-order chi connectivity index (χ0) is 16.8. The molecule has 1 fully saturated rings. The lowest BCUT2D eigenvalue weighted by Gasteiger charge is -2.19. The maximum atomic E-state index is 12.2. The molecule has 1 aromatic carbocycles. The largest absolute Gasteiger partial charge is 0.497 e. The third kappa shape index (κ3) is 4.47. The predicted octanol–water partition coefficient (Wildman–Crippen LogP) is 2.13. The number of ether oxygens (including phenoxy) is 1. The third-order valence-corrected chi connectivity index (χ3v) is 4.17.